The van der Waals surface area contributed by atoms with Crippen molar-refractivity contribution >= 4 is 17.7 Å². The molecule has 1 aliphatic heterocycles. The van der Waals surface area contributed by atoms with E-state index in [4.69, 9.17) is 5.73 Å². The van der Waals surface area contributed by atoms with Crippen LogP contribution in [0.4, 0.5) is 0 Å². The molecule has 1 unspecified atom stereocenters. The Hall–Kier alpha value is -0.220. The zero-order valence-corrected chi connectivity index (χ0v) is 11.2. The Bertz CT molecular complexity index is 215. The first-order valence-electron chi connectivity index (χ1n) is 6.19. The lowest BCUT2D eigenvalue weighted by atomic mass is 9.94. The molecule has 1 fully saturated rings. The number of hydrogen-bond acceptors (Lipinski definition) is 3. The molecule has 0 aromatic rings. The predicted octanol–water partition coefficient (Wildman–Crippen LogP) is 1.62. The molecule has 0 bridgehead atoms. The summed E-state index contributed by atoms with van der Waals surface area (Å²) >= 11 is 1.92. The lowest BCUT2D eigenvalue weighted by Crippen LogP contribution is -2.36. The van der Waals surface area contributed by atoms with E-state index in [0.29, 0.717) is 30.8 Å². The first kappa shape index (κ1) is 13.8. The molecule has 0 aromatic heterocycles. The van der Waals surface area contributed by atoms with Crippen molar-refractivity contribution in [2.45, 2.75) is 39.2 Å². The van der Waals surface area contributed by atoms with E-state index < -0.39 is 0 Å². The fourth-order valence-electron chi connectivity index (χ4n) is 2.13. The minimum Gasteiger partial charge on any atom is -0.353 e. The molecular formula is C12H24N2OS. The highest BCUT2D eigenvalue weighted by Crippen LogP contribution is 2.18. The minimum absolute atomic E-state index is 0.184. The molecule has 3 nitrogen and oxygen atoms in total. The van der Waals surface area contributed by atoms with Crippen LogP contribution >= 0.6 is 11.8 Å². The zero-order valence-electron chi connectivity index (χ0n) is 10.4. The Morgan fingerprint density at radius 2 is 2.31 bits per heavy atom. The van der Waals surface area contributed by atoms with Gasteiger partial charge in [-0.1, -0.05) is 13.8 Å². The molecule has 2 atom stereocenters. The van der Waals surface area contributed by atoms with E-state index in [0.717, 1.165) is 18.6 Å². The van der Waals surface area contributed by atoms with Crippen molar-refractivity contribution in [2.24, 2.45) is 17.6 Å². The number of carbonyl (C=O) groups excluding carboxylic acids is 1. The topological polar surface area (TPSA) is 55.1 Å². The molecule has 1 amide bonds. The molecule has 0 saturated carbocycles. The molecule has 94 valence electrons. The van der Waals surface area contributed by atoms with Crippen molar-refractivity contribution in [3.05, 3.63) is 0 Å². The van der Waals surface area contributed by atoms with Gasteiger partial charge in [0.05, 0.1) is 0 Å². The maximum atomic E-state index is 11.8. The van der Waals surface area contributed by atoms with Crippen LogP contribution in [0.2, 0.25) is 0 Å². The summed E-state index contributed by atoms with van der Waals surface area (Å²) in [7, 11) is 0. The van der Waals surface area contributed by atoms with Crippen LogP contribution in [0.25, 0.3) is 0 Å². The van der Waals surface area contributed by atoms with Gasteiger partial charge in [0.1, 0.15) is 0 Å². The molecule has 0 spiro atoms. The van der Waals surface area contributed by atoms with E-state index in [-0.39, 0.29) is 5.91 Å². The number of nitrogens with one attached hydrogen (secondary N) is 1. The highest BCUT2D eigenvalue weighted by Gasteiger charge is 2.19. The molecule has 0 aromatic carbocycles. The van der Waals surface area contributed by atoms with Crippen molar-refractivity contribution in [1.82, 2.24) is 5.32 Å². The van der Waals surface area contributed by atoms with E-state index >= 15 is 0 Å². The summed E-state index contributed by atoms with van der Waals surface area (Å²) in [6.07, 6.45) is 2.76. The minimum atomic E-state index is 0.184. The third-order valence-electron chi connectivity index (χ3n) is 2.91. The van der Waals surface area contributed by atoms with E-state index in [1.54, 1.807) is 0 Å². The van der Waals surface area contributed by atoms with Crippen LogP contribution in [0.5, 0.6) is 0 Å². The largest absolute Gasteiger partial charge is 0.353 e. The molecule has 3 N–H and O–H groups in total. The van der Waals surface area contributed by atoms with Crippen molar-refractivity contribution in [1.29, 1.82) is 0 Å². The van der Waals surface area contributed by atoms with Gasteiger partial charge in [0.15, 0.2) is 0 Å². The second kappa shape index (κ2) is 7.17. The first-order valence-corrected chi connectivity index (χ1v) is 7.34. The summed E-state index contributed by atoms with van der Waals surface area (Å²) in [5.74, 6) is 3.39. The molecule has 1 rings (SSSR count). The Morgan fingerprint density at radius 3 is 2.81 bits per heavy atom. The third-order valence-corrected chi connectivity index (χ3v) is 4.07. The summed E-state index contributed by atoms with van der Waals surface area (Å²) in [5, 5.41) is 3.10. The zero-order chi connectivity index (χ0) is 12.0. The van der Waals surface area contributed by atoms with E-state index in [1.165, 1.54) is 5.75 Å². The summed E-state index contributed by atoms with van der Waals surface area (Å²) in [6, 6.07) is 0.398. The summed E-state index contributed by atoms with van der Waals surface area (Å²) < 4.78 is 0. The predicted molar refractivity (Wildman–Crippen MR) is 70.5 cm³/mol. The number of rotatable bonds is 6. The monoisotopic (exact) mass is 244 g/mol. The Labute approximate surface area is 103 Å². The van der Waals surface area contributed by atoms with E-state index in [2.05, 4.69) is 19.2 Å². The number of amides is 1. The van der Waals surface area contributed by atoms with Gasteiger partial charge in [-0.25, -0.2) is 0 Å². The van der Waals surface area contributed by atoms with Gasteiger partial charge in [-0.2, -0.15) is 11.8 Å². The molecule has 0 radical (unpaired) electrons. The Balaban J connectivity index is 2.24. The van der Waals surface area contributed by atoms with Crippen LogP contribution in [0, 0.1) is 11.8 Å². The maximum absolute atomic E-state index is 11.8. The molecule has 1 heterocycles. The standard InChI is InChI=1S/C12H24N2OS/c1-9(2)5-10(7-13)6-12(15)14-11-3-4-16-8-11/h9-11H,3-8,13H2,1-2H3,(H,14,15)/t10-,11?/m0/s1. The number of hydrogen-bond donors (Lipinski definition) is 2. The lowest BCUT2D eigenvalue weighted by molar-refractivity contribution is -0.122. The third kappa shape index (κ3) is 5.21. The number of nitrogens with two attached hydrogens (primary N) is 1. The van der Waals surface area contributed by atoms with E-state index in [9.17, 15) is 4.79 Å². The second-order valence-electron chi connectivity index (χ2n) is 5.06. The fraction of sp³-hybridized carbons (Fsp3) is 0.917. The van der Waals surface area contributed by atoms with Gasteiger partial charge in [-0.05, 0) is 37.0 Å². The van der Waals surface area contributed by atoms with Crippen molar-refractivity contribution in [2.75, 3.05) is 18.1 Å². The van der Waals surface area contributed by atoms with Gasteiger partial charge >= 0.3 is 0 Å². The highest BCUT2D eigenvalue weighted by molar-refractivity contribution is 7.99. The Kier molecular flexibility index (Phi) is 6.21. The van der Waals surface area contributed by atoms with Crippen molar-refractivity contribution < 1.29 is 4.79 Å². The summed E-state index contributed by atoms with van der Waals surface area (Å²) in [6.45, 7) is 4.97. The number of carbonyl (C=O) groups is 1. The van der Waals surface area contributed by atoms with Crippen molar-refractivity contribution in [3.8, 4) is 0 Å². The fourth-order valence-corrected chi connectivity index (χ4v) is 3.28. The molecule has 16 heavy (non-hydrogen) atoms. The summed E-state index contributed by atoms with van der Waals surface area (Å²) in [4.78, 5) is 11.8. The maximum Gasteiger partial charge on any atom is 0.220 e. The quantitative estimate of drug-likeness (QED) is 0.746. The average molecular weight is 244 g/mol. The van der Waals surface area contributed by atoms with Crippen LogP contribution in [0.15, 0.2) is 0 Å². The SMILES string of the molecule is CC(C)C[C@H](CN)CC(=O)NC1CCSC1. The molecule has 1 aliphatic rings. The molecular weight excluding hydrogens is 220 g/mol. The molecule has 0 aliphatic carbocycles. The van der Waals surface area contributed by atoms with Crippen LogP contribution in [0.3, 0.4) is 0 Å². The lowest BCUT2D eigenvalue weighted by Gasteiger charge is -2.18. The first-order chi connectivity index (χ1) is 7.61. The van der Waals surface area contributed by atoms with Gasteiger partial charge in [-0.15, -0.1) is 0 Å². The van der Waals surface area contributed by atoms with Gasteiger partial charge in [0, 0.05) is 18.2 Å². The normalized spacial score (nSPS) is 22.4. The second-order valence-corrected chi connectivity index (χ2v) is 6.21. The van der Waals surface area contributed by atoms with Crippen LogP contribution in [0.1, 0.15) is 33.1 Å². The van der Waals surface area contributed by atoms with Crippen LogP contribution < -0.4 is 11.1 Å². The number of thioether (sulfide) groups is 1. The Morgan fingerprint density at radius 1 is 1.56 bits per heavy atom. The molecule has 4 heteroatoms. The molecule has 1 saturated heterocycles. The van der Waals surface area contributed by atoms with Crippen LogP contribution in [-0.4, -0.2) is 30.0 Å². The van der Waals surface area contributed by atoms with Gasteiger partial charge < -0.3 is 11.1 Å². The smallest absolute Gasteiger partial charge is 0.220 e. The van der Waals surface area contributed by atoms with Crippen LogP contribution in [-0.2, 0) is 4.79 Å². The van der Waals surface area contributed by atoms with Gasteiger partial charge in [0.25, 0.3) is 0 Å². The average Bonchev–Trinajstić information content (AvgIpc) is 2.68. The van der Waals surface area contributed by atoms with Gasteiger partial charge in [-0.3, -0.25) is 4.79 Å². The van der Waals surface area contributed by atoms with E-state index in [1.807, 2.05) is 11.8 Å². The van der Waals surface area contributed by atoms with Gasteiger partial charge in [0.2, 0.25) is 5.91 Å². The van der Waals surface area contributed by atoms with Crippen molar-refractivity contribution in [3.63, 3.8) is 0 Å². The highest BCUT2D eigenvalue weighted by atomic mass is 32.2. The summed E-state index contributed by atoms with van der Waals surface area (Å²) in [5.41, 5.74) is 5.69.